The van der Waals surface area contributed by atoms with Gasteiger partial charge in [-0.2, -0.15) is 11.3 Å². The number of nitrogens with one attached hydrogen (secondary N) is 1. The third kappa shape index (κ3) is 3.43. The van der Waals surface area contributed by atoms with Crippen LogP contribution >= 0.6 is 11.3 Å². The summed E-state index contributed by atoms with van der Waals surface area (Å²) >= 11 is 1.60. The summed E-state index contributed by atoms with van der Waals surface area (Å²) in [4.78, 5) is 0. The van der Waals surface area contributed by atoms with Crippen molar-refractivity contribution in [2.45, 2.75) is 25.0 Å². The van der Waals surface area contributed by atoms with Crippen molar-refractivity contribution >= 4 is 11.3 Å². The van der Waals surface area contributed by atoms with E-state index in [1.54, 1.807) is 18.4 Å². The van der Waals surface area contributed by atoms with Gasteiger partial charge in [-0.05, 0) is 53.4 Å². The Morgan fingerprint density at radius 2 is 2.36 bits per heavy atom. The number of rotatable bonds is 5. The van der Waals surface area contributed by atoms with Crippen molar-refractivity contribution in [1.29, 1.82) is 0 Å². The number of hydrogen-bond donors (Lipinski definition) is 2. The highest BCUT2D eigenvalue weighted by Crippen LogP contribution is 2.34. The molecule has 2 atom stereocenters. The molecule has 2 aromatic rings. The molecule has 3 rings (SSSR count). The van der Waals surface area contributed by atoms with Crippen molar-refractivity contribution in [1.82, 2.24) is 5.32 Å². The van der Waals surface area contributed by atoms with Crippen LogP contribution in [-0.4, -0.2) is 25.4 Å². The highest BCUT2D eigenvalue weighted by atomic mass is 32.1. The monoisotopic (exact) mass is 319 g/mol. The molecule has 1 aromatic heterocycles. The number of aliphatic hydroxyl groups excluding tert-OH is 1. The van der Waals surface area contributed by atoms with Gasteiger partial charge in [-0.1, -0.05) is 0 Å². The summed E-state index contributed by atoms with van der Waals surface area (Å²) in [5.74, 6) is 1.73. The quantitative estimate of drug-likeness (QED) is 0.888. The first-order valence-corrected chi connectivity index (χ1v) is 8.46. The molecule has 0 radical (unpaired) electrons. The number of ether oxygens (including phenoxy) is 2. The average Bonchev–Trinajstić information content (AvgIpc) is 3.01. The van der Waals surface area contributed by atoms with Crippen LogP contribution in [-0.2, 0) is 0 Å². The predicted octanol–water partition coefficient (Wildman–Crippen LogP) is 3.29. The molecule has 1 aliphatic heterocycles. The van der Waals surface area contributed by atoms with E-state index in [-0.39, 0.29) is 6.04 Å². The molecule has 5 heteroatoms. The number of thiophene rings is 1. The van der Waals surface area contributed by atoms with Gasteiger partial charge in [0.15, 0.2) is 0 Å². The summed E-state index contributed by atoms with van der Waals surface area (Å²) in [6.45, 7) is 1.25. The fourth-order valence-corrected chi connectivity index (χ4v) is 3.44. The van der Waals surface area contributed by atoms with Crippen LogP contribution in [0.5, 0.6) is 11.5 Å². The third-order valence-corrected chi connectivity index (χ3v) is 4.67. The van der Waals surface area contributed by atoms with E-state index in [1.165, 1.54) is 0 Å². The summed E-state index contributed by atoms with van der Waals surface area (Å²) in [5, 5.41) is 17.7. The summed E-state index contributed by atoms with van der Waals surface area (Å²) < 4.78 is 11.1. The minimum absolute atomic E-state index is 0.167. The van der Waals surface area contributed by atoms with Gasteiger partial charge >= 0.3 is 0 Å². The van der Waals surface area contributed by atoms with Gasteiger partial charge < -0.3 is 19.9 Å². The molecule has 0 saturated carbocycles. The second-order valence-electron chi connectivity index (χ2n) is 5.43. The van der Waals surface area contributed by atoms with E-state index in [1.807, 2.05) is 35.0 Å². The van der Waals surface area contributed by atoms with Crippen LogP contribution in [0.1, 0.15) is 36.1 Å². The molecule has 4 nitrogen and oxygen atoms in total. The van der Waals surface area contributed by atoms with Gasteiger partial charge in [0.05, 0.1) is 19.8 Å². The van der Waals surface area contributed by atoms with Crippen LogP contribution in [0.15, 0.2) is 35.0 Å². The molecular weight excluding hydrogens is 298 g/mol. The maximum Gasteiger partial charge on any atom is 0.124 e. The van der Waals surface area contributed by atoms with Gasteiger partial charge in [-0.3, -0.25) is 0 Å². The highest BCUT2D eigenvalue weighted by molar-refractivity contribution is 7.07. The summed E-state index contributed by atoms with van der Waals surface area (Å²) in [7, 11) is 1.67. The molecule has 1 aliphatic rings. The van der Waals surface area contributed by atoms with Gasteiger partial charge in [-0.25, -0.2) is 0 Å². The fourth-order valence-electron chi connectivity index (χ4n) is 2.73. The molecule has 0 spiro atoms. The lowest BCUT2D eigenvalue weighted by Gasteiger charge is -2.21. The van der Waals surface area contributed by atoms with Gasteiger partial charge in [0.25, 0.3) is 0 Å². The second kappa shape index (κ2) is 7.13. The Balaban J connectivity index is 1.73. The van der Waals surface area contributed by atoms with E-state index in [0.717, 1.165) is 42.1 Å². The SMILES string of the molecule is COc1ccc2c(c1)[C@@H](NC[C@H](O)c1ccsc1)CCCO2. The van der Waals surface area contributed by atoms with Crippen molar-refractivity contribution in [3.8, 4) is 11.5 Å². The number of benzene rings is 1. The molecule has 2 heterocycles. The van der Waals surface area contributed by atoms with Crippen molar-refractivity contribution in [3.63, 3.8) is 0 Å². The Bertz CT molecular complexity index is 600. The summed E-state index contributed by atoms with van der Waals surface area (Å²) in [6, 6.07) is 8.03. The highest BCUT2D eigenvalue weighted by Gasteiger charge is 2.21. The zero-order valence-electron chi connectivity index (χ0n) is 12.6. The van der Waals surface area contributed by atoms with Crippen LogP contribution in [0.3, 0.4) is 0 Å². The van der Waals surface area contributed by atoms with E-state index in [2.05, 4.69) is 5.32 Å². The molecule has 1 aromatic carbocycles. The normalized spacial score (nSPS) is 18.9. The summed E-state index contributed by atoms with van der Waals surface area (Å²) in [6.07, 6.45) is 1.49. The summed E-state index contributed by atoms with van der Waals surface area (Å²) in [5.41, 5.74) is 2.07. The maximum atomic E-state index is 10.2. The topological polar surface area (TPSA) is 50.7 Å². The zero-order chi connectivity index (χ0) is 15.4. The first kappa shape index (κ1) is 15.3. The van der Waals surface area contributed by atoms with Crippen LogP contribution in [0.25, 0.3) is 0 Å². The molecule has 2 N–H and O–H groups in total. The van der Waals surface area contributed by atoms with Gasteiger partial charge in [0.2, 0.25) is 0 Å². The number of hydrogen-bond acceptors (Lipinski definition) is 5. The molecule has 22 heavy (non-hydrogen) atoms. The van der Waals surface area contributed by atoms with Gasteiger partial charge in [0.1, 0.15) is 11.5 Å². The maximum absolute atomic E-state index is 10.2. The zero-order valence-corrected chi connectivity index (χ0v) is 13.4. The molecule has 0 fully saturated rings. The average molecular weight is 319 g/mol. The van der Waals surface area contributed by atoms with Crippen LogP contribution in [0, 0.1) is 0 Å². The van der Waals surface area contributed by atoms with Crippen LogP contribution in [0.4, 0.5) is 0 Å². The second-order valence-corrected chi connectivity index (χ2v) is 6.21. The Labute approximate surface area is 134 Å². The lowest BCUT2D eigenvalue weighted by Crippen LogP contribution is -2.26. The lowest BCUT2D eigenvalue weighted by atomic mass is 10.0. The number of aliphatic hydroxyl groups is 1. The molecule has 118 valence electrons. The number of methoxy groups -OCH3 is 1. The molecule has 0 bridgehead atoms. The fraction of sp³-hybridized carbons (Fsp3) is 0.412. The van der Waals surface area contributed by atoms with Crippen molar-refractivity contribution in [2.24, 2.45) is 0 Å². The van der Waals surface area contributed by atoms with E-state index in [4.69, 9.17) is 9.47 Å². The lowest BCUT2D eigenvalue weighted by molar-refractivity contribution is 0.169. The van der Waals surface area contributed by atoms with E-state index in [9.17, 15) is 5.11 Å². The van der Waals surface area contributed by atoms with Crippen LogP contribution in [0.2, 0.25) is 0 Å². The predicted molar refractivity (Wildman–Crippen MR) is 87.7 cm³/mol. The van der Waals surface area contributed by atoms with Crippen LogP contribution < -0.4 is 14.8 Å². The van der Waals surface area contributed by atoms with Crippen molar-refractivity contribution in [3.05, 3.63) is 46.2 Å². The van der Waals surface area contributed by atoms with Crippen molar-refractivity contribution < 1.29 is 14.6 Å². The Hall–Kier alpha value is -1.56. The molecule has 0 aliphatic carbocycles. The Morgan fingerprint density at radius 3 is 3.14 bits per heavy atom. The Morgan fingerprint density at radius 1 is 1.45 bits per heavy atom. The first-order chi connectivity index (χ1) is 10.8. The minimum Gasteiger partial charge on any atom is -0.497 e. The minimum atomic E-state index is -0.482. The van der Waals surface area contributed by atoms with E-state index in [0.29, 0.717) is 6.54 Å². The van der Waals surface area contributed by atoms with Gasteiger partial charge in [-0.15, -0.1) is 0 Å². The molecule has 0 amide bonds. The van der Waals surface area contributed by atoms with Crippen molar-refractivity contribution in [2.75, 3.05) is 20.3 Å². The first-order valence-electron chi connectivity index (χ1n) is 7.52. The third-order valence-electron chi connectivity index (χ3n) is 3.97. The van der Waals surface area contributed by atoms with Gasteiger partial charge in [0, 0.05) is 18.2 Å². The largest absolute Gasteiger partial charge is 0.497 e. The Kier molecular flexibility index (Phi) is 4.97. The molecule has 0 saturated heterocycles. The molecular formula is C17H21NO3S. The van der Waals surface area contributed by atoms with E-state index < -0.39 is 6.10 Å². The number of fused-ring (bicyclic) bond motifs is 1. The standard InChI is InChI=1S/C17H21NO3S/c1-20-13-4-5-17-14(9-13)15(3-2-7-21-17)18-10-16(19)12-6-8-22-11-12/h4-6,8-9,11,15-16,18-19H,2-3,7,10H2,1H3/t15-,16-/m0/s1. The smallest absolute Gasteiger partial charge is 0.124 e. The van der Waals surface area contributed by atoms with E-state index >= 15 is 0 Å². The molecule has 0 unspecified atom stereocenters.